The van der Waals surface area contributed by atoms with Gasteiger partial charge in [-0.25, -0.2) is 0 Å². The van der Waals surface area contributed by atoms with Crippen LogP contribution in [0.1, 0.15) is 63.1 Å². The van der Waals surface area contributed by atoms with E-state index in [1.807, 2.05) is 12.1 Å². The second-order valence-corrected chi connectivity index (χ2v) is 9.53. The van der Waals surface area contributed by atoms with Crippen LogP contribution in [0.3, 0.4) is 0 Å². The molecule has 1 aliphatic carbocycles. The van der Waals surface area contributed by atoms with Crippen LogP contribution in [0.15, 0.2) is 48.5 Å². The van der Waals surface area contributed by atoms with E-state index in [9.17, 15) is 5.11 Å². The van der Waals surface area contributed by atoms with Crippen molar-refractivity contribution in [3.63, 3.8) is 0 Å². The van der Waals surface area contributed by atoms with Gasteiger partial charge in [-0.3, -0.25) is 0 Å². The fourth-order valence-corrected chi connectivity index (χ4v) is 6.09. The maximum absolute atomic E-state index is 11.5. The van der Waals surface area contributed by atoms with Crippen molar-refractivity contribution < 1.29 is 10.0 Å². The highest BCUT2D eigenvalue weighted by atomic mass is 35.5. The lowest BCUT2D eigenvalue weighted by Crippen LogP contribution is -3.13. The number of hydrogen-bond donors (Lipinski definition) is 2. The summed E-state index contributed by atoms with van der Waals surface area (Å²) in [6, 6.07) is 17.7. The Morgan fingerprint density at radius 2 is 1.77 bits per heavy atom. The lowest BCUT2D eigenvalue weighted by Gasteiger charge is -2.50. The van der Waals surface area contributed by atoms with Gasteiger partial charge in [0.05, 0.1) is 12.1 Å². The first kappa shape index (κ1) is 21.7. The number of hydrogen-bond acceptors (Lipinski definition) is 2. The third kappa shape index (κ3) is 4.26. The summed E-state index contributed by atoms with van der Waals surface area (Å²) in [5, 5.41) is 12.4. The fourth-order valence-electron chi connectivity index (χ4n) is 5.89. The maximum Gasteiger partial charge on any atom is 0.119 e. The molecule has 1 aliphatic heterocycles. The fraction of sp³-hybridized carbons (Fsp3) is 0.538. The number of quaternary nitrogens is 1. The van der Waals surface area contributed by atoms with Crippen LogP contribution in [-0.2, 0) is 6.54 Å². The maximum atomic E-state index is 11.5. The molecule has 0 spiro atoms. The minimum absolute atomic E-state index is 0.311. The van der Waals surface area contributed by atoms with Gasteiger partial charge in [-0.05, 0) is 44.9 Å². The van der Waals surface area contributed by atoms with Crippen LogP contribution in [0.4, 0.5) is 5.69 Å². The number of aliphatic hydroxyl groups is 1. The molecule has 1 unspecified atom stereocenters. The van der Waals surface area contributed by atoms with Crippen molar-refractivity contribution in [3.8, 4) is 0 Å². The summed E-state index contributed by atoms with van der Waals surface area (Å²) in [5.74, 6) is 0.316. The average molecular weight is 428 g/mol. The molecule has 2 fully saturated rings. The summed E-state index contributed by atoms with van der Waals surface area (Å²) in [5.41, 5.74) is 3.34. The Hall–Kier alpha value is -1.55. The van der Waals surface area contributed by atoms with Crippen molar-refractivity contribution in [3.05, 3.63) is 64.7 Å². The van der Waals surface area contributed by atoms with Crippen molar-refractivity contribution in [2.45, 2.75) is 64.1 Å². The zero-order chi connectivity index (χ0) is 21.1. The molecular weight excluding hydrogens is 392 g/mol. The highest BCUT2D eigenvalue weighted by Gasteiger charge is 2.51. The number of anilines is 1. The summed E-state index contributed by atoms with van der Waals surface area (Å²) in [6.45, 7) is 8.35. The summed E-state index contributed by atoms with van der Waals surface area (Å²) >= 11 is 6.52. The van der Waals surface area contributed by atoms with Crippen molar-refractivity contribution in [1.29, 1.82) is 0 Å². The van der Waals surface area contributed by atoms with Gasteiger partial charge in [0.25, 0.3) is 0 Å². The molecule has 2 N–H and O–H groups in total. The smallest absolute Gasteiger partial charge is 0.119 e. The van der Waals surface area contributed by atoms with E-state index in [-0.39, 0.29) is 0 Å². The number of nitrogens with one attached hydrogen (secondary N) is 1. The first-order valence-corrected chi connectivity index (χ1v) is 12.1. The number of rotatable bonds is 6. The molecule has 162 valence electrons. The van der Waals surface area contributed by atoms with Crippen LogP contribution in [0, 0.1) is 5.92 Å². The molecule has 0 aromatic heterocycles. The highest BCUT2D eigenvalue weighted by Crippen LogP contribution is 2.44. The molecule has 0 radical (unpaired) electrons. The predicted molar refractivity (Wildman–Crippen MR) is 125 cm³/mol. The molecule has 2 aromatic carbocycles. The molecule has 4 rings (SSSR count). The molecule has 1 saturated carbocycles. The largest absolute Gasteiger partial charge is 0.389 e. The lowest BCUT2D eigenvalue weighted by molar-refractivity contribution is -0.958. The Morgan fingerprint density at radius 3 is 2.47 bits per heavy atom. The molecule has 3 nitrogen and oxygen atoms in total. The topological polar surface area (TPSA) is 27.9 Å². The van der Waals surface area contributed by atoms with Crippen LogP contribution >= 0.6 is 11.6 Å². The van der Waals surface area contributed by atoms with Crippen LogP contribution in [-0.4, -0.2) is 30.3 Å². The van der Waals surface area contributed by atoms with Crippen molar-refractivity contribution >= 4 is 17.3 Å². The van der Waals surface area contributed by atoms with E-state index in [0.717, 1.165) is 56.9 Å². The Bertz CT molecular complexity index is 835. The molecule has 1 saturated heterocycles. The van der Waals surface area contributed by atoms with Crippen molar-refractivity contribution in [2.24, 2.45) is 5.92 Å². The average Bonchev–Trinajstić information content (AvgIpc) is 2.77. The van der Waals surface area contributed by atoms with Gasteiger partial charge in [0.2, 0.25) is 0 Å². The van der Waals surface area contributed by atoms with Gasteiger partial charge in [0.15, 0.2) is 0 Å². The molecule has 4 heteroatoms. The summed E-state index contributed by atoms with van der Waals surface area (Å²) in [6.07, 6.45) is 5.34. The number of benzene rings is 2. The van der Waals surface area contributed by atoms with Crippen LogP contribution in [0.2, 0.25) is 5.02 Å². The van der Waals surface area contributed by atoms with Crippen molar-refractivity contribution in [1.82, 2.24) is 0 Å². The van der Waals surface area contributed by atoms with Gasteiger partial charge in [-0.15, -0.1) is 0 Å². The normalized spacial score (nSPS) is 28.7. The molecule has 1 heterocycles. The predicted octanol–water partition coefficient (Wildman–Crippen LogP) is 4.64. The van der Waals surface area contributed by atoms with Crippen LogP contribution < -0.4 is 9.80 Å². The van der Waals surface area contributed by atoms with E-state index >= 15 is 0 Å². The van der Waals surface area contributed by atoms with Gasteiger partial charge in [-0.1, -0.05) is 54.8 Å². The number of likely N-dealkylation sites (tertiary alicyclic amines) is 1. The van der Waals surface area contributed by atoms with Gasteiger partial charge in [0.1, 0.15) is 12.6 Å². The van der Waals surface area contributed by atoms with Crippen molar-refractivity contribution in [2.75, 3.05) is 24.5 Å². The molecule has 2 aliphatic rings. The Balaban J connectivity index is 1.67. The third-order valence-electron chi connectivity index (χ3n) is 7.54. The standard InChI is InChI=1S/C26H35ClN2O/c1-3-28(4-2)22-14-12-20(13-15-22)25-23-10-7-8-16-26(23,30)17-18-29(25)19-21-9-5-6-11-24(21)27/h5-6,9,11-15,23,25,30H,3-4,7-8,10,16-19H2,1-2H3/p+1/t23-,25+,26-/m1/s1. The van der Waals surface area contributed by atoms with Gasteiger partial charge in [-0.2, -0.15) is 0 Å². The zero-order valence-electron chi connectivity index (χ0n) is 18.4. The monoisotopic (exact) mass is 427 g/mol. The Labute approximate surface area is 186 Å². The Morgan fingerprint density at radius 1 is 1.03 bits per heavy atom. The highest BCUT2D eigenvalue weighted by molar-refractivity contribution is 6.31. The number of fused-ring (bicyclic) bond motifs is 1. The molecular formula is C26H36ClN2O+. The number of nitrogens with zero attached hydrogens (tertiary/aromatic N) is 1. The molecule has 4 atom stereocenters. The quantitative estimate of drug-likeness (QED) is 0.703. The second kappa shape index (κ2) is 9.30. The van der Waals surface area contributed by atoms with Crippen LogP contribution in [0.5, 0.6) is 0 Å². The van der Waals surface area contributed by atoms with E-state index in [1.54, 1.807) is 0 Å². The summed E-state index contributed by atoms with van der Waals surface area (Å²) in [4.78, 5) is 3.92. The minimum Gasteiger partial charge on any atom is -0.389 e. The second-order valence-electron chi connectivity index (χ2n) is 9.12. The van der Waals surface area contributed by atoms with E-state index in [4.69, 9.17) is 11.6 Å². The molecule has 0 bridgehead atoms. The first-order valence-electron chi connectivity index (χ1n) is 11.7. The molecule has 0 amide bonds. The third-order valence-corrected chi connectivity index (χ3v) is 7.91. The van der Waals surface area contributed by atoms with E-state index in [0.29, 0.717) is 12.0 Å². The van der Waals surface area contributed by atoms with Gasteiger partial charge in [0, 0.05) is 47.3 Å². The van der Waals surface area contributed by atoms with E-state index in [2.05, 4.69) is 55.1 Å². The van der Waals surface area contributed by atoms with Gasteiger partial charge < -0.3 is 14.9 Å². The van der Waals surface area contributed by atoms with Gasteiger partial charge >= 0.3 is 0 Å². The first-order chi connectivity index (χ1) is 14.6. The SMILES string of the molecule is CCN(CC)c1ccc([C@H]2[C@H]3CCCC[C@@]3(O)CC[NH+]2Cc2ccccc2Cl)cc1. The van der Waals surface area contributed by atoms with Crippen LogP contribution in [0.25, 0.3) is 0 Å². The number of piperidine rings is 1. The molecule has 30 heavy (non-hydrogen) atoms. The molecule has 2 aromatic rings. The summed E-state index contributed by atoms with van der Waals surface area (Å²) in [7, 11) is 0. The minimum atomic E-state index is -0.509. The van der Waals surface area contributed by atoms with E-state index in [1.165, 1.54) is 28.1 Å². The summed E-state index contributed by atoms with van der Waals surface area (Å²) < 4.78 is 0. The number of halogens is 1. The lowest BCUT2D eigenvalue weighted by atomic mass is 9.66. The van der Waals surface area contributed by atoms with E-state index < -0.39 is 5.60 Å². The Kier molecular flexibility index (Phi) is 6.72. The zero-order valence-corrected chi connectivity index (χ0v) is 19.2.